The summed E-state index contributed by atoms with van der Waals surface area (Å²) >= 11 is 0. The van der Waals surface area contributed by atoms with E-state index in [1.54, 1.807) is 18.6 Å². The predicted molar refractivity (Wildman–Crippen MR) is 92.4 cm³/mol. The maximum atomic E-state index is 13.4. The second-order valence-corrected chi connectivity index (χ2v) is 9.14. The molecule has 6 rings (SSSR count). The monoisotopic (exact) mass is 341 g/mol. The Kier molecular flexibility index (Phi) is 3.63. The molecule has 2 atom stereocenters. The fourth-order valence-corrected chi connectivity index (χ4v) is 6.63. The average molecular weight is 341 g/mol. The third-order valence-electron chi connectivity index (χ3n) is 7.27. The summed E-state index contributed by atoms with van der Waals surface area (Å²) in [5, 5.41) is 10.5. The van der Waals surface area contributed by atoms with Gasteiger partial charge in [0, 0.05) is 37.6 Å². The molecule has 2 heterocycles. The minimum atomic E-state index is -0.445. The molecule has 5 fully saturated rings. The number of hydrogen-bond donors (Lipinski definition) is 1. The van der Waals surface area contributed by atoms with Gasteiger partial charge in [-0.25, -0.2) is 0 Å². The Morgan fingerprint density at radius 1 is 1.12 bits per heavy atom. The highest BCUT2D eigenvalue weighted by atomic mass is 16.3. The lowest BCUT2D eigenvalue weighted by atomic mass is 9.49. The van der Waals surface area contributed by atoms with E-state index in [0.717, 1.165) is 42.7 Å². The number of nitrogens with zero attached hydrogens (tertiary/aromatic N) is 3. The topological polar surface area (TPSA) is 66.3 Å². The lowest BCUT2D eigenvalue weighted by molar-refractivity contribution is -0.157. The third-order valence-corrected chi connectivity index (χ3v) is 7.27. The molecule has 0 radical (unpaired) electrons. The Morgan fingerprint density at radius 2 is 1.80 bits per heavy atom. The molecule has 0 aromatic carbocycles. The number of carbonyl (C=O) groups is 1. The van der Waals surface area contributed by atoms with Gasteiger partial charge in [-0.3, -0.25) is 14.8 Å². The van der Waals surface area contributed by atoms with Crippen LogP contribution in [0.2, 0.25) is 0 Å². The van der Waals surface area contributed by atoms with Crippen LogP contribution in [0.3, 0.4) is 0 Å². The van der Waals surface area contributed by atoms with Crippen molar-refractivity contribution in [1.29, 1.82) is 0 Å². The van der Waals surface area contributed by atoms with Crippen LogP contribution in [0, 0.1) is 29.1 Å². The van der Waals surface area contributed by atoms with E-state index >= 15 is 0 Å². The maximum Gasteiger partial charge on any atom is 0.228 e. The van der Waals surface area contributed by atoms with Crippen molar-refractivity contribution in [2.45, 2.75) is 51.0 Å². The minimum absolute atomic E-state index is 0.0783. The zero-order valence-corrected chi connectivity index (χ0v) is 14.7. The number of amides is 1. The van der Waals surface area contributed by atoms with Crippen molar-refractivity contribution in [3.05, 3.63) is 24.3 Å². The number of β-amino-alcohol motifs (C(OH)–C–C–N with tert-alkyl or cyclic N) is 1. The third kappa shape index (κ3) is 2.67. The van der Waals surface area contributed by atoms with Crippen molar-refractivity contribution in [3.8, 4) is 0 Å². The van der Waals surface area contributed by atoms with Crippen LogP contribution in [0.4, 0.5) is 0 Å². The van der Waals surface area contributed by atoms with E-state index in [4.69, 9.17) is 0 Å². The van der Waals surface area contributed by atoms with Gasteiger partial charge in [0.1, 0.15) is 0 Å². The maximum absolute atomic E-state index is 13.4. The highest BCUT2D eigenvalue weighted by molar-refractivity contribution is 5.83. The Hall–Kier alpha value is -1.49. The predicted octanol–water partition coefficient (Wildman–Crippen LogP) is 2.05. The Labute approximate surface area is 148 Å². The standard InChI is InChI=1S/C20H27N3O2/c24-18-12-23(11-16(18)6-17-10-21-1-2-22-17)19(25)20-7-13-3-14(8-20)5-15(4-13)9-20/h1-2,10,13-16,18,24H,3-9,11-12H2/t13?,14?,15?,16-,18-,20?/m1/s1. The van der Waals surface area contributed by atoms with Crippen LogP contribution in [0.15, 0.2) is 18.6 Å². The van der Waals surface area contributed by atoms with Crippen molar-refractivity contribution in [2.24, 2.45) is 29.1 Å². The summed E-state index contributed by atoms with van der Waals surface area (Å²) in [4.78, 5) is 23.8. The fourth-order valence-electron chi connectivity index (χ4n) is 6.63. The summed E-state index contributed by atoms with van der Waals surface area (Å²) in [7, 11) is 0. The van der Waals surface area contributed by atoms with Crippen LogP contribution in [0.1, 0.15) is 44.2 Å². The minimum Gasteiger partial charge on any atom is -0.391 e. The van der Waals surface area contributed by atoms with Gasteiger partial charge in [0.25, 0.3) is 0 Å². The molecule has 1 amide bonds. The summed E-state index contributed by atoms with van der Waals surface area (Å²) in [6.45, 7) is 1.16. The lowest BCUT2D eigenvalue weighted by Gasteiger charge is -2.56. The molecule has 5 nitrogen and oxygen atoms in total. The van der Waals surface area contributed by atoms with E-state index in [2.05, 4.69) is 9.97 Å². The summed E-state index contributed by atoms with van der Waals surface area (Å²) < 4.78 is 0. The molecule has 1 N–H and O–H groups in total. The summed E-state index contributed by atoms with van der Waals surface area (Å²) in [5.74, 6) is 2.75. The van der Waals surface area contributed by atoms with E-state index in [0.29, 0.717) is 25.4 Å². The van der Waals surface area contributed by atoms with Gasteiger partial charge in [0.05, 0.1) is 17.2 Å². The molecule has 0 unspecified atom stereocenters. The van der Waals surface area contributed by atoms with E-state index in [-0.39, 0.29) is 11.3 Å². The second kappa shape index (κ2) is 5.76. The SMILES string of the molecule is O=C(N1C[C@@H](Cc2cnccn2)[C@H](O)C1)C12CC3CC(CC(C3)C1)C2. The van der Waals surface area contributed by atoms with Crippen molar-refractivity contribution in [2.75, 3.05) is 13.1 Å². The molecular weight excluding hydrogens is 314 g/mol. The second-order valence-electron chi connectivity index (χ2n) is 9.14. The van der Waals surface area contributed by atoms with Gasteiger partial charge in [0.2, 0.25) is 5.91 Å². The van der Waals surface area contributed by atoms with Crippen molar-refractivity contribution < 1.29 is 9.90 Å². The van der Waals surface area contributed by atoms with Crippen LogP contribution >= 0.6 is 0 Å². The zero-order chi connectivity index (χ0) is 17.0. The summed E-state index contributed by atoms with van der Waals surface area (Å²) in [6, 6.07) is 0. The van der Waals surface area contributed by atoms with Crippen molar-refractivity contribution in [1.82, 2.24) is 14.9 Å². The van der Waals surface area contributed by atoms with Crippen LogP contribution in [-0.4, -0.2) is 45.1 Å². The van der Waals surface area contributed by atoms with Crippen LogP contribution in [0.25, 0.3) is 0 Å². The zero-order valence-electron chi connectivity index (χ0n) is 14.7. The number of hydrogen-bond acceptors (Lipinski definition) is 4. The van der Waals surface area contributed by atoms with Gasteiger partial charge in [-0.2, -0.15) is 0 Å². The van der Waals surface area contributed by atoms with E-state index in [1.807, 2.05) is 4.90 Å². The first-order valence-corrected chi connectivity index (χ1v) is 9.84. The van der Waals surface area contributed by atoms with Gasteiger partial charge < -0.3 is 10.0 Å². The average Bonchev–Trinajstić information content (AvgIpc) is 2.94. The number of likely N-dealkylation sites (tertiary alicyclic amines) is 1. The largest absolute Gasteiger partial charge is 0.391 e. The molecule has 4 saturated carbocycles. The smallest absolute Gasteiger partial charge is 0.228 e. The number of aromatic nitrogens is 2. The van der Waals surface area contributed by atoms with E-state index < -0.39 is 6.10 Å². The molecule has 5 aliphatic rings. The Morgan fingerprint density at radius 3 is 2.40 bits per heavy atom. The molecule has 5 heteroatoms. The van der Waals surface area contributed by atoms with Gasteiger partial charge in [-0.15, -0.1) is 0 Å². The fraction of sp³-hybridized carbons (Fsp3) is 0.750. The van der Waals surface area contributed by atoms with Gasteiger partial charge in [0.15, 0.2) is 0 Å². The van der Waals surface area contributed by atoms with E-state index in [9.17, 15) is 9.90 Å². The molecule has 4 bridgehead atoms. The first-order valence-electron chi connectivity index (χ1n) is 9.84. The van der Waals surface area contributed by atoms with Crippen LogP contribution in [-0.2, 0) is 11.2 Å². The van der Waals surface area contributed by atoms with Gasteiger partial charge >= 0.3 is 0 Å². The highest BCUT2D eigenvalue weighted by Crippen LogP contribution is 2.60. The molecule has 25 heavy (non-hydrogen) atoms. The van der Waals surface area contributed by atoms with Crippen LogP contribution in [0.5, 0.6) is 0 Å². The van der Waals surface area contributed by atoms with Gasteiger partial charge in [-0.05, 0) is 62.7 Å². The Balaban J connectivity index is 1.30. The van der Waals surface area contributed by atoms with E-state index in [1.165, 1.54) is 19.3 Å². The number of aliphatic hydroxyl groups excluding tert-OH is 1. The molecule has 134 valence electrons. The molecule has 1 aromatic heterocycles. The van der Waals surface area contributed by atoms with Crippen molar-refractivity contribution in [3.63, 3.8) is 0 Å². The van der Waals surface area contributed by atoms with Gasteiger partial charge in [-0.1, -0.05) is 0 Å². The number of aliphatic hydroxyl groups is 1. The molecule has 1 aliphatic heterocycles. The molecular formula is C20H27N3O2. The quantitative estimate of drug-likeness (QED) is 0.914. The summed E-state index contributed by atoms with van der Waals surface area (Å²) in [5.41, 5.74) is 0.797. The lowest BCUT2D eigenvalue weighted by Crippen LogP contribution is -2.54. The molecule has 0 spiro atoms. The van der Waals surface area contributed by atoms with Crippen LogP contribution < -0.4 is 0 Å². The molecule has 1 aromatic rings. The number of rotatable bonds is 3. The highest BCUT2D eigenvalue weighted by Gasteiger charge is 2.56. The molecule has 1 saturated heterocycles. The first kappa shape index (κ1) is 15.7. The summed E-state index contributed by atoms with van der Waals surface area (Å²) in [6.07, 6.45) is 12.7. The first-order chi connectivity index (χ1) is 12.1. The Bertz CT molecular complexity index is 627. The number of carbonyl (C=O) groups excluding carboxylic acids is 1. The molecule has 4 aliphatic carbocycles. The normalized spacial score (nSPS) is 42.1. The van der Waals surface area contributed by atoms with Crippen molar-refractivity contribution >= 4 is 5.91 Å².